The molecular formula is C20H20N4O2. The van der Waals surface area contributed by atoms with Crippen LogP contribution >= 0.6 is 0 Å². The third-order valence-corrected chi connectivity index (χ3v) is 4.39. The van der Waals surface area contributed by atoms with Crippen LogP contribution in [0.3, 0.4) is 0 Å². The number of furan rings is 1. The molecular weight excluding hydrogens is 328 g/mol. The van der Waals surface area contributed by atoms with Crippen LogP contribution in [0.2, 0.25) is 0 Å². The molecule has 1 unspecified atom stereocenters. The van der Waals surface area contributed by atoms with Crippen LogP contribution in [0.4, 0.5) is 0 Å². The quantitative estimate of drug-likeness (QED) is 0.524. The van der Waals surface area contributed by atoms with Crippen LogP contribution in [0.15, 0.2) is 57.7 Å². The number of hydrogen-bond acceptors (Lipinski definition) is 5. The Bertz CT molecular complexity index is 1010. The van der Waals surface area contributed by atoms with Gasteiger partial charge in [-0.25, -0.2) is 4.98 Å². The molecule has 0 aliphatic heterocycles. The topological polar surface area (TPSA) is 69.9 Å². The third kappa shape index (κ3) is 2.83. The summed E-state index contributed by atoms with van der Waals surface area (Å²) in [6.45, 7) is 5.95. The number of hydrogen-bond donors (Lipinski definition) is 0. The van der Waals surface area contributed by atoms with Crippen molar-refractivity contribution in [3.63, 3.8) is 0 Å². The van der Waals surface area contributed by atoms with Crippen molar-refractivity contribution in [2.75, 3.05) is 0 Å². The molecule has 0 saturated heterocycles. The lowest BCUT2D eigenvalue weighted by Gasteiger charge is -2.13. The Hall–Kier alpha value is -3.15. The predicted octanol–water partition coefficient (Wildman–Crippen LogP) is 4.67. The van der Waals surface area contributed by atoms with Crippen molar-refractivity contribution in [2.24, 2.45) is 0 Å². The molecule has 0 amide bonds. The van der Waals surface area contributed by atoms with Crippen molar-refractivity contribution >= 4 is 0 Å². The van der Waals surface area contributed by atoms with Gasteiger partial charge >= 0.3 is 0 Å². The minimum atomic E-state index is -0.159. The molecule has 1 atom stereocenters. The van der Waals surface area contributed by atoms with E-state index in [1.165, 1.54) is 0 Å². The first kappa shape index (κ1) is 16.3. The smallest absolute Gasteiger partial charge is 0.249 e. The van der Waals surface area contributed by atoms with Gasteiger partial charge in [0.1, 0.15) is 17.5 Å². The van der Waals surface area contributed by atoms with Crippen molar-refractivity contribution in [2.45, 2.75) is 33.2 Å². The fraction of sp³-hybridized carbons (Fsp3) is 0.250. The second kappa shape index (κ2) is 6.63. The van der Waals surface area contributed by atoms with Crippen molar-refractivity contribution < 1.29 is 8.94 Å². The van der Waals surface area contributed by atoms with Crippen LogP contribution in [0.25, 0.3) is 22.7 Å². The summed E-state index contributed by atoms with van der Waals surface area (Å²) in [6, 6.07) is 13.8. The Morgan fingerprint density at radius 3 is 2.58 bits per heavy atom. The second-order valence-electron chi connectivity index (χ2n) is 6.20. The van der Waals surface area contributed by atoms with Gasteiger partial charge in [0.05, 0.1) is 12.0 Å². The summed E-state index contributed by atoms with van der Waals surface area (Å²) in [5, 5.41) is 4.01. The van der Waals surface area contributed by atoms with Gasteiger partial charge in [0.15, 0.2) is 11.6 Å². The van der Waals surface area contributed by atoms with Gasteiger partial charge in [-0.1, -0.05) is 42.4 Å². The molecule has 0 bridgehead atoms. The molecule has 0 aliphatic carbocycles. The van der Waals surface area contributed by atoms with E-state index in [-0.39, 0.29) is 6.04 Å². The molecule has 0 fully saturated rings. The third-order valence-electron chi connectivity index (χ3n) is 4.39. The van der Waals surface area contributed by atoms with Crippen LogP contribution in [0.1, 0.15) is 37.4 Å². The molecule has 0 aliphatic rings. The Morgan fingerprint density at radius 1 is 1.12 bits per heavy atom. The largest absolute Gasteiger partial charge is 0.460 e. The van der Waals surface area contributed by atoms with Gasteiger partial charge in [0.25, 0.3) is 0 Å². The summed E-state index contributed by atoms with van der Waals surface area (Å²) in [5.41, 5.74) is 2.79. The van der Waals surface area contributed by atoms with Crippen LogP contribution in [0.5, 0.6) is 0 Å². The molecule has 4 rings (SSSR count). The van der Waals surface area contributed by atoms with E-state index in [0.717, 1.165) is 34.9 Å². The zero-order valence-electron chi connectivity index (χ0n) is 15.0. The summed E-state index contributed by atoms with van der Waals surface area (Å²) < 4.78 is 13.4. The molecule has 0 radical (unpaired) electrons. The number of aromatic nitrogens is 4. The van der Waals surface area contributed by atoms with Gasteiger partial charge in [-0.2, -0.15) is 4.98 Å². The molecule has 3 aromatic heterocycles. The maximum Gasteiger partial charge on any atom is 0.249 e. The van der Waals surface area contributed by atoms with Gasteiger partial charge in [-0.15, -0.1) is 0 Å². The van der Waals surface area contributed by atoms with E-state index in [0.29, 0.717) is 11.7 Å². The van der Waals surface area contributed by atoms with E-state index in [1.807, 2.05) is 67.8 Å². The van der Waals surface area contributed by atoms with E-state index in [9.17, 15) is 0 Å². The summed E-state index contributed by atoms with van der Waals surface area (Å²) in [4.78, 5) is 9.13. The molecule has 6 heteroatoms. The highest BCUT2D eigenvalue weighted by Crippen LogP contribution is 2.35. The highest BCUT2D eigenvalue weighted by Gasteiger charge is 2.24. The zero-order chi connectivity index (χ0) is 18.1. The van der Waals surface area contributed by atoms with Crippen molar-refractivity contribution in [1.82, 2.24) is 19.7 Å². The van der Waals surface area contributed by atoms with Gasteiger partial charge in [-0.05, 0) is 26.0 Å². The number of aryl methyl sites for hydroxylation is 2. The van der Waals surface area contributed by atoms with Gasteiger partial charge in [0.2, 0.25) is 5.89 Å². The van der Waals surface area contributed by atoms with Crippen molar-refractivity contribution in [3.05, 3.63) is 66.3 Å². The van der Waals surface area contributed by atoms with Gasteiger partial charge in [-0.3, -0.25) is 0 Å². The van der Waals surface area contributed by atoms with E-state index >= 15 is 0 Å². The normalized spacial score (nSPS) is 12.4. The van der Waals surface area contributed by atoms with E-state index in [1.54, 1.807) is 6.33 Å². The fourth-order valence-corrected chi connectivity index (χ4v) is 2.97. The van der Waals surface area contributed by atoms with Gasteiger partial charge < -0.3 is 13.5 Å². The lowest BCUT2D eigenvalue weighted by atomic mass is 10.1. The van der Waals surface area contributed by atoms with Crippen LogP contribution in [-0.4, -0.2) is 19.7 Å². The SMILES string of the molecule is CCc1noc(C(C)n2cnc(-c3ccccc3)c2-c2ccc(C)o2)n1. The van der Waals surface area contributed by atoms with E-state index in [2.05, 4.69) is 15.1 Å². The number of benzene rings is 1. The average Bonchev–Trinajstić information content (AvgIpc) is 3.40. The summed E-state index contributed by atoms with van der Waals surface area (Å²) in [7, 11) is 0. The molecule has 132 valence electrons. The van der Waals surface area contributed by atoms with Crippen LogP contribution in [-0.2, 0) is 6.42 Å². The Labute approximate surface area is 151 Å². The van der Waals surface area contributed by atoms with E-state index < -0.39 is 0 Å². The first-order chi connectivity index (χ1) is 12.7. The van der Waals surface area contributed by atoms with Crippen LogP contribution < -0.4 is 0 Å². The first-order valence-electron chi connectivity index (χ1n) is 8.69. The number of rotatable bonds is 5. The van der Waals surface area contributed by atoms with E-state index in [4.69, 9.17) is 8.94 Å². The Kier molecular flexibility index (Phi) is 4.16. The summed E-state index contributed by atoms with van der Waals surface area (Å²) in [5.74, 6) is 2.88. The summed E-state index contributed by atoms with van der Waals surface area (Å²) in [6.07, 6.45) is 2.54. The second-order valence-corrected chi connectivity index (χ2v) is 6.20. The lowest BCUT2D eigenvalue weighted by molar-refractivity contribution is 0.342. The molecule has 3 heterocycles. The maximum atomic E-state index is 5.92. The van der Waals surface area contributed by atoms with Crippen LogP contribution in [0, 0.1) is 6.92 Å². The standard InChI is InChI=1S/C20H20N4O2/c1-4-17-22-20(26-23-17)14(3)24-12-21-18(15-8-6-5-7-9-15)19(24)16-11-10-13(2)25-16/h5-12,14H,4H2,1-3H3. The Balaban J connectivity index is 1.86. The maximum absolute atomic E-state index is 5.92. The highest BCUT2D eigenvalue weighted by atomic mass is 16.5. The van der Waals surface area contributed by atoms with Crippen molar-refractivity contribution in [1.29, 1.82) is 0 Å². The fourth-order valence-electron chi connectivity index (χ4n) is 2.97. The molecule has 4 aromatic rings. The highest BCUT2D eigenvalue weighted by molar-refractivity contribution is 5.76. The zero-order valence-corrected chi connectivity index (χ0v) is 15.0. The number of imidazole rings is 1. The Morgan fingerprint density at radius 2 is 1.92 bits per heavy atom. The molecule has 1 aromatic carbocycles. The molecule has 6 nitrogen and oxygen atoms in total. The van der Waals surface area contributed by atoms with Gasteiger partial charge in [0, 0.05) is 12.0 Å². The molecule has 0 N–H and O–H groups in total. The molecule has 0 saturated carbocycles. The molecule has 0 spiro atoms. The average molecular weight is 348 g/mol. The van der Waals surface area contributed by atoms with Crippen molar-refractivity contribution in [3.8, 4) is 22.7 Å². The minimum absolute atomic E-state index is 0.159. The monoisotopic (exact) mass is 348 g/mol. The molecule has 26 heavy (non-hydrogen) atoms. The minimum Gasteiger partial charge on any atom is -0.460 e. The lowest BCUT2D eigenvalue weighted by Crippen LogP contribution is -2.08. The predicted molar refractivity (Wildman–Crippen MR) is 97.6 cm³/mol. The summed E-state index contributed by atoms with van der Waals surface area (Å²) >= 11 is 0. The number of nitrogens with zero attached hydrogens (tertiary/aromatic N) is 4. The first-order valence-corrected chi connectivity index (χ1v) is 8.69.